The molecule has 0 aliphatic rings. The summed E-state index contributed by atoms with van der Waals surface area (Å²) in [6.07, 6.45) is 0.110. The number of carbonyl (C=O) groups excluding carboxylic acids is 1. The molecule has 0 aliphatic carbocycles. The lowest BCUT2D eigenvalue weighted by molar-refractivity contribution is -0.115. The lowest BCUT2D eigenvalue weighted by atomic mass is 10.3. The molecular weight excluding hydrogens is 294 g/mol. The average Bonchev–Trinajstić information content (AvgIpc) is 2.48. The van der Waals surface area contributed by atoms with Gasteiger partial charge in [0.25, 0.3) is 0 Å². The van der Waals surface area contributed by atoms with Gasteiger partial charge >= 0.3 is 0 Å². The van der Waals surface area contributed by atoms with Crippen LogP contribution in [0, 0.1) is 0 Å². The lowest BCUT2D eigenvalue weighted by Gasteiger charge is -2.14. The smallest absolute Gasteiger partial charge is 0.237 e. The fourth-order valence-corrected chi connectivity index (χ4v) is 2.81. The van der Waals surface area contributed by atoms with Gasteiger partial charge < -0.3 is 10.1 Å². The van der Waals surface area contributed by atoms with Gasteiger partial charge in [0.05, 0.1) is 11.4 Å². The molecule has 0 radical (unpaired) electrons. The van der Waals surface area contributed by atoms with E-state index in [1.165, 1.54) is 0 Å². The molecule has 1 N–H and O–H groups in total. The normalized spacial score (nSPS) is 12.0. The first-order valence-corrected chi connectivity index (χ1v) is 8.22. The first-order chi connectivity index (χ1) is 10.5. The molecule has 22 heavy (non-hydrogen) atoms. The topological polar surface area (TPSA) is 38.3 Å². The van der Waals surface area contributed by atoms with Gasteiger partial charge in [-0.2, -0.15) is 0 Å². The van der Waals surface area contributed by atoms with Crippen LogP contribution >= 0.6 is 11.8 Å². The second kappa shape index (κ2) is 7.90. The number of nitrogens with one attached hydrogen (secondary N) is 1. The van der Waals surface area contributed by atoms with Crippen molar-refractivity contribution in [3.05, 3.63) is 54.6 Å². The van der Waals surface area contributed by atoms with Gasteiger partial charge in [0.1, 0.15) is 5.75 Å². The molecule has 0 heterocycles. The summed E-state index contributed by atoms with van der Waals surface area (Å²) in [5, 5.41) is 2.77. The zero-order valence-corrected chi connectivity index (χ0v) is 13.9. The van der Waals surface area contributed by atoms with Gasteiger partial charge in [-0.1, -0.05) is 24.3 Å². The highest BCUT2D eigenvalue weighted by Gasteiger charge is 2.14. The molecule has 0 aromatic heterocycles. The third-order valence-electron chi connectivity index (χ3n) is 2.90. The van der Waals surface area contributed by atoms with Gasteiger partial charge in [0.2, 0.25) is 5.91 Å². The molecule has 2 aromatic rings. The van der Waals surface area contributed by atoms with Gasteiger partial charge in [0.15, 0.2) is 0 Å². The minimum atomic E-state index is -0.169. The van der Waals surface area contributed by atoms with Crippen molar-refractivity contribution in [3.63, 3.8) is 0 Å². The van der Waals surface area contributed by atoms with Crippen LogP contribution in [0.4, 0.5) is 5.69 Å². The molecule has 116 valence electrons. The van der Waals surface area contributed by atoms with Crippen LogP contribution in [0.25, 0.3) is 0 Å². The summed E-state index contributed by atoms with van der Waals surface area (Å²) in [7, 11) is 0. The Hall–Kier alpha value is -1.94. The molecule has 2 rings (SSSR count). The average molecular weight is 315 g/mol. The second-order valence-electron chi connectivity index (χ2n) is 5.26. The Labute approximate surface area is 136 Å². The molecule has 2 aromatic carbocycles. The predicted octanol–water partition coefficient (Wildman–Crippen LogP) is 4.59. The molecular formula is C18H21NO2S. The van der Waals surface area contributed by atoms with Crippen molar-refractivity contribution in [1.82, 2.24) is 0 Å². The third-order valence-corrected chi connectivity index (χ3v) is 4.01. The Morgan fingerprint density at radius 3 is 2.45 bits per heavy atom. The number of carbonyl (C=O) groups is 1. The molecule has 0 aliphatic heterocycles. The summed E-state index contributed by atoms with van der Waals surface area (Å²) in [5.41, 5.74) is 0.753. The van der Waals surface area contributed by atoms with Crippen molar-refractivity contribution in [2.24, 2.45) is 0 Å². The van der Waals surface area contributed by atoms with E-state index in [0.29, 0.717) is 0 Å². The number of anilines is 1. The number of rotatable bonds is 6. The molecule has 3 nitrogen and oxygen atoms in total. The van der Waals surface area contributed by atoms with Crippen LogP contribution < -0.4 is 10.1 Å². The maximum Gasteiger partial charge on any atom is 0.237 e. The minimum Gasteiger partial charge on any atom is -0.491 e. The van der Waals surface area contributed by atoms with Crippen LogP contribution in [0.2, 0.25) is 0 Å². The Balaban J connectivity index is 1.96. The molecule has 1 atom stereocenters. The van der Waals surface area contributed by atoms with Gasteiger partial charge in [-0.3, -0.25) is 4.79 Å². The molecule has 0 fully saturated rings. The highest BCUT2D eigenvalue weighted by Crippen LogP contribution is 2.24. The molecule has 0 unspecified atom stereocenters. The zero-order chi connectivity index (χ0) is 15.9. The number of hydrogen-bond acceptors (Lipinski definition) is 3. The molecule has 1 amide bonds. The number of thioether (sulfide) groups is 1. The van der Waals surface area contributed by atoms with Crippen molar-refractivity contribution in [1.29, 1.82) is 0 Å². The van der Waals surface area contributed by atoms with Gasteiger partial charge in [-0.15, -0.1) is 11.8 Å². The SMILES string of the molecule is CC(C)Oc1cccc(NC(=O)[C@H](C)Sc2ccccc2)c1. The Morgan fingerprint density at radius 2 is 1.77 bits per heavy atom. The van der Waals surface area contributed by atoms with E-state index >= 15 is 0 Å². The molecule has 0 saturated carbocycles. The van der Waals surface area contributed by atoms with Crippen molar-refractivity contribution in [2.45, 2.75) is 37.0 Å². The van der Waals surface area contributed by atoms with Crippen LogP contribution in [0.3, 0.4) is 0 Å². The van der Waals surface area contributed by atoms with E-state index in [1.54, 1.807) is 11.8 Å². The van der Waals surface area contributed by atoms with E-state index in [2.05, 4.69) is 5.32 Å². The maximum atomic E-state index is 12.3. The van der Waals surface area contributed by atoms with Crippen molar-refractivity contribution >= 4 is 23.4 Å². The number of benzene rings is 2. The Morgan fingerprint density at radius 1 is 1.05 bits per heavy atom. The number of amides is 1. The summed E-state index contributed by atoms with van der Waals surface area (Å²) in [5.74, 6) is 0.742. The quantitative estimate of drug-likeness (QED) is 0.792. The van der Waals surface area contributed by atoms with E-state index in [-0.39, 0.29) is 17.3 Å². The fraction of sp³-hybridized carbons (Fsp3) is 0.278. The largest absolute Gasteiger partial charge is 0.491 e. The number of ether oxygens (including phenoxy) is 1. The molecule has 0 saturated heterocycles. The fourth-order valence-electron chi connectivity index (χ4n) is 1.92. The third kappa shape index (κ3) is 5.11. The standard InChI is InChI=1S/C18H21NO2S/c1-13(2)21-16-9-7-8-15(12-16)19-18(20)14(3)22-17-10-5-4-6-11-17/h4-14H,1-3H3,(H,19,20)/t14-/m0/s1. The Bertz CT molecular complexity index is 613. The van der Waals surface area contributed by atoms with Crippen LogP contribution in [0.15, 0.2) is 59.5 Å². The van der Waals surface area contributed by atoms with Crippen LogP contribution in [0.5, 0.6) is 5.75 Å². The zero-order valence-electron chi connectivity index (χ0n) is 13.1. The van der Waals surface area contributed by atoms with Crippen LogP contribution in [-0.4, -0.2) is 17.3 Å². The second-order valence-corrected chi connectivity index (χ2v) is 6.67. The van der Waals surface area contributed by atoms with E-state index in [0.717, 1.165) is 16.3 Å². The number of hydrogen-bond donors (Lipinski definition) is 1. The van der Waals surface area contributed by atoms with Gasteiger partial charge in [-0.25, -0.2) is 0 Å². The summed E-state index contributed by atoms with van der Waals surface area (Å²) in [6, 6.07) is 17.4. The van der Waals surface area contributed by atoms with Gasteiger partial charge in [0, 0.05) is 16.6 Å². The van der Waals surface area contributed by atoms with Crippen molar-refractivity contribution in [2.75, 3.05) is 5.32 Å². The lowest BCUT2D eigenvalue weighted by Crippen LogP contribution is -2.22. The summed E-state index contributed by atoms with van der Waals surface area (Å²) in [4.78, 5) is 13.4. The summed E-state index contributed by atoms with van der Waals surface area (Å²) < 4.78 is 5.64. The molecule has 0 bridgehead atoms. The first-order valence-electron chi connectivity index (χ1n) is 7.34. The van der Waals surface area contributed by atoms with Crippen molar-refractivity contribution < 1.29 is 9.53 Å². The van der Waals surface area contributed by atoms with Crippen molar-refractivity contribution in [3.8, 4) is 5.75 Å². The van der Waals surface area contributed by atoms with Gasteiger partial charge in [-0.05, 0) is 45.0 Å². The monoisotopic (exact) mass is 315 g/mol. The van der Waals surface area contributed by atoms with Crippen LogP contribution in [0.1, 0.15) is 20.8 Å². The van der Waals surface area contributed by atoms with Crippen LogP contribution in [-0.2, 0) is 4.79 Å². The first kappa shape index (κ1) is 16.4. The minimum absolute atomic E-state index is 0.0180. The highest BCUT2D eigenvalue weighted by molar-refractivity contribution is 8.00. The van der Waals surface area contributed by atoms with E-state index in [4.69, 9.17) is 4.74 Å². The Kier molecular flexibility index (Phi) is 5.90. The molecule has 0 spiro atoms. The molecule has 4 heteroatoms. The summed E-state index contributed by atoms with van der Waals surface area (Å²) >= 11 is 1.54. The maximum absolute atomic E-state index is 12.3. The van der Waals surface area contributed by atoms with E-state index < -0.39 is 0 Å². The van der Waals surface area contributed by atoms with E-state index in [9.17, 15) is 4.79 Å². The van der Waals surface area contributed by atoms with E-state index in [1.807, 2.05) is 75.4 Å². The summed E-state index contributed by atoms with van der Waals surface area (Å²) in [6.45, 7) is 5.86. The predicted molar refractivity (Wildman–Crippen MR) is 92.6 cm³/mol. The highest BCUT2D eigenvalue weighted by atomic mass is 32.2.